The first-order chi connectivity index (χ1) is 19.4. The van der Waals surface area contributed by atoms with Gasteiger partial charge in [0.1, 0.15) is 16.4 Å². The number of fused-ring (bicyclic) bond motifs is 1. The van der Waals surface area contributed by atoms with E-state index in [4.69, 9.17) is 16.3 Å². The highest BCUT2D eigenvalue weighted by Gasteiger charge is 2.32. The van der Waals surface area contributed by atoms with Crippen molar-refractivity contribution in [1.29, 1.82) is 0 Å². The lowest BCUT2D eigenvalue weighted by atomic mass is 9.89. The van der Waals surface area contributed by atoms with Gasteiger partial charge < -0.3 is 15.0 Å². The van der Waals surface area contributed by atoms with E-state index in [1.54, 1.807) is 13.2 Å². The van der Waals surface area contributed by atoms with Gasteiger partial charge in [-0.2, -0.15) is 0 Å². The fraction of sp³-hybridized carbons (Fsp3) is 0.375. The largest absolute Gasteiger partial charge is 0.496 e. The second-order valence-corrected chi connectivity index (χ2v) is 11.8. The van der Waals surface area contributed by atoms with Crippen molar-refractivity contribution in [3.8, 4) is 16.9 Å². The van der Waals surface area contributed by atoms with Gasteiger partial charge in [0.25, 0.3) is 5.91 Å². The van der Waals surface area contributed by atoms with Gasteiger partial charge in [-0.25, -0.2) is 4.39 Å². The number of aromatic nitrogens is 1. The molecule has 0 aliphatic heterocycles. The highest BCUT2D eigenvalue weighted by Crippen LogP contribution is 2.39. The van der Waals surface area contributed by atoms with E-state index in [2.05, 4.69) is 29.4 Å². The van der Waals surface area contributed by atoms with Crippen molar-refractivity contribution in [2.24, 2.45) is 0 Å². The maximum atomic E-state index is 14.7. The number of nitrogens with zero attached hydrogens (tertiary/aromatic N) is 2. The Bertz CT molecular complexity index is 1500. The molecule has 1 aliphatic rings. The van der Waals surface area contributed by atoms with Crippen molar-refractivity contribution in [2.45, 2.75) is 64.1 Å². The molecule has 0 saturated heterocycles. The summed E-state index contributed by atoms with van der Waals surface area (Å²) in [6.07, 6.45) is 7.51. The van der Waals surface area contributed by atoms with Crippen LogP contribution in [0.1, 0.15) is 60.0 Å². The predicted molar refractivity (Wildman–Crippen MR) is 162 cm³/mol. The Kier molecular flexibility index (Phi) is 9.03. The summed E-state index contributed by atoms with van der Waals surface area (Å²) >= 11 is 7.93. The average Bonchev–Trinajstić information content (AvgIpc) is 3.33. The first-order valence-electron chi connectivity index (χ1n) is 13.9. The number of rotatable bonds is 9. The van der Waals surface area contributed by atoms with Crippen LogP contribution in [0.15, 0.2) is 54.7 Å². The number of ether oxygens (including phenoxy) is 1. The molecular formula is C32H35ClFN3O2S. The Morgan fingerprint density at radius 1 is 1.15 bits per heavy atom. The topological polar surface area (TPSA) is 54.5 Å². The van der Waals surface area contributed by atoms with Crippen molar-refractivity contribution in [2.75, 3.05) is 14.2 Å². The molecule has 0 radical (unpaired) electrons. The van der Waals surface area contributed by atoms with Gasteiger partial charge in [0.05, 0.1) is 12.1 Å². The molecule has 2 aromatic heterocycles. The van der Waals surface area contributed by atoms with Crippen LogP contribution in [0.3, 0.4) is 0 Å². The Morgan fingerprint density at radius 3 is 2.62 bits per heavy atom. The van der Waals surface area contributed by atoms with E-state index in [9.17, 15) is 9.18 Å². The zero-order chi connectivity index (χ0) is 28.2. The molecule has 4 aromatic rings. The van der Waals surface area contributed by atoms with Crippen molar-refractivity contribution >= 4 is 38.9 Å². The first-order valence-corrected chi connectivity index (χ1v) is 15.1. The Hall–Kier alpha value is -3.00. The molecule has 5 rings (SSSR count). The quantitative estimate of drug-likeness (QED) is 0.219. The molecule has 1 fully saturated rings. The van der Waals surface area contributed by atoms with Crippen LogP contribution in [0.25, 0.3) is 21.2 Å². The second kappa shape index (κ2) is 12.7. The first kappa shape index (κ1) is 28.5. The molecule has 0 unspecified atom stereocenters. The molecule has 1 aliphatic carbocycles. The van der Waals surface area contributed by atoms with Gasteiger partial charge in [0, 0.05) is 46.2 Å². The monoisotopic (exact) mass is 579 g/mol. The van der Waals surface area contributed by atoms with Crippen LogP contribution in [0.4, 0.5) is 4.39 Å². The van der Waals surface area contributed by atoms with E-state index in [1.807, 2.05) is 42.4 Å². The average molecular weight is 580 g/mol. The minimum atomic E-state index is -0.409. The maximum absolute atomic E-state index is 14.7. The van der Waals surface area contributed by atoms with E-state index < -0.39 is 5.82 Å². The normalized spacial score (nSPS) is 17.2. The number of hydrogen-bond acceptors (Lipinski definition) is 5. The Balaban J connectivity index is 1.53. The Labute approximate surface area is 244 Å². The summed E-state index contributed by atoms with van der Waals surface area (Å²) in [6, 6.07) is 15.6. The van der Waals surface area contributed by atoms with Crippen molar-refractivity contribution in [3.63, 3.8) is 0 Å². The number of methoxy groups -OCH3 is 1. The van der Waals surface area contributed by atoms with E-state index in [-0.39, 0.29) is 17.0 Å². The highest BCUT2D eigenvalue weighted by molar-refractivity contribution is 7.21. The van der Waals surface area contributed by atoms with Gasteiger partial charge in [-0.1, -0.05) is 37.1 Å². The fourth-order valence-corrected chi connectivity index (χ4v) is 7.21. The van der Waals surface area contributed by atoms with E-state index in [1.165, 1.54) is 17.4 Å². The number of halogens is 2. The number of carbonyl (C=O) groups excluding carboxylic acids is 1. The molecule has 8 heteroatoms. The minimum Gasteiger partial charge on any atom is -0.496 e. The number of benzene rings is 2. The molecule has 0 bridgehead atoms. The molecule has 2 heterocycles. The van der Waals surface area contributed by atoms with Crippen LogP contribution in [0, 0.1) is 5.82 Å². The van der Waals surface area contributed by atoms with Crippen molar-refractivity contribution < 1.29 is 13.9 Å². The van der Waals surface area contributed by atoms with Gasteiger partial charge in [-0.05, 0) is 86.7 Å². The minimum absolute atomic E-state index is 0.0358. The predicted octanol–water partition coefficient (Wildman–Crippen LogP) is 7.89. The van der Waals surface area contributed by atoms with Gasteiger partial charge in [-0.3, -0.25) is 9.78 Å². The van der Waals surface area contributed by atoms with Gasteiger partial charge in [0.2, 0.25) is 0 Å². The molecule has 5 nitrogen and oxygen atoms in total. The summed E-state index contributed by atoms with van der Waals surface area (Å²) in [5, 5.41) is 3.88. The SMILES string of the molecule is CCCc1cc(-c2ccc(OC)c(CN(C(=O)c3sc4cccc(F)c4c3Cl)C3CCC(NC)CC3)c2)ccn1. The lowest BCUT2D eigenvalue weighted by Gasteiger charge is -2.37. The van der Waals surface area contributed by atoms with E-state index >= 15 is 0 Å². The van der Waals surface area contributed by atoms with Crippen LogP contribution in [-0.4, -0.2) is 42.0 Å². The zero-order valence-corrected chi connectivity index (χ0v) is 24.7. The summed E-state index contributed by atoms with van der Waals surface area (Å²) in [4.78, 5) is 21.0. The maximum Gasteiger partial charge on any atom is 0.266 e. The fourth-order valence-electron chi connectivity index (χ4n) is 5.70. The summed E-state index contributed by atoms with van der Waals surface area (Å²) in [6.45, 7) is 2.51. The van der Waals surface area contributed by atoms with E-state index in [0.717, 1.165) is 66.7 Å². The molecule has 1 amide bonds. The van der Waals surface area contributed by atoms with Crippen LogP contribution in [-0.2, 0) is 13.0 Å². The number of aryl methyl sites for hydroxylation is 1. The van der Waals surface area contributed by atoms with Crippen molar-refractivity contribution in [1.82, 2.24) is 15.2 Å². The van der Waals surface area contributed by atoms with E-state index in [0.29, 0.717) is 27.5 Å². The van der Waals surface area contributed by atoms with Crippen LogP contribution in [0.2, 0.25) is 5.02 Å². The van der Waals surface area contributed by atoms with Gasteiger partial charge >= 0.3 is 0 Å². The molecule has 0 spiro atoms. The number of carbonyl (C=O) groups is 1. The molecule has 1 N–H and O–H groups in total. The number of amides is 1. The smallest absolute Gasteiger partial charge is 0.266 e. The molecule has 1 saturated carbocycles. The molecule has 0 atom stereocenters. The molecule has 210 valence electrons. The second-order valence-electron chi connectivity index (χ2n) is 10.4. The Morgan fingerprint density at radius 2 is 1.93 bits per heavy atom. The zero-order valence-electron chi connectivity index (χ0n) is 23.2. The van der Waals surface area contributed by atoms with Crippen LogP contribution >= 0.6 is 22.9 Å². The summed E-state index contributed by atoms with van der Waals surface area (Å²) in [5.74, 6) is 0.148. The summed E-state index contributed by atoms with van der Waals surface area (Å²) < 4.78 is 21.1. The molecule has 2 aromatic carbocycles. The molecular weight excluding hydrogens is 545 g/mol. The van der Waals surface area contributed by atoms with Crippen molar-refractivity contribution in [3.05, 3.63) is 81.7 Å². The number of pyridine rings is 1. The third-order valence-corrected chi connectivity index (χ3v) is 9.52. The lowest BCUT2D eigenvalue weighted by Crippen LogP contribution is -2.44. The number of nitrogens with one attached hydrogen (secondary N) is 1. The third-order valence-electron chi connectivity index (χ3n) is 7.88. The lowest BCUT2D eigenvalue weighted by molar-refractivity contribution is 0.0604. The number of thiophene rings is 1. The summed E-state index contributed by atoms with van der Waals surface area (Å²) in [5.41, 5.74) is 4.10. The van der Waals surface area contributed by atoms with Crippen LogP contribution in [0.5, 0.6) is 5.75 Å². The van der Waals surface area contributed by atoms with Gasteiger partial charge in [-0.15, -0.1) is 11.3 Å². The number of hydrogen-bond donors (Lipinski definition) is 1. The molecule has 40 heavy (non-hydrogen) atoms. The highest BCUT2D eigenvalue weighted by atomic mass is 35.5. The van der Waals surface area contributed by atoms with Crippen LogP contribution < -0.4 is 10.1 Å². The third kappa shape index (κ3) is 5.87. The van der Waals surface area contributed by atoms with Gasteiger partial charge in [0.15, 0.2) is 0 Å². The standard InChI is InChI=1S/C32H35ClFN3O2S/c1-4-6-24-18-21(15-16-36-24)20-9-14-27(39-3)22(17-20)19-37(25-12-10-23(35-2)11-13-25)32(38)31-30(33)29-26(34)7-5-8-28(29)40-31/h5,7-9,14-18,23,25,35H,4,6,10-13,19H2,1-3H3. The summed E-state index contributed by atoms with van der Waals surface area (Å²) in [7, 11) is 3.64.